The number of piperazine rings is 1. The van der Waals surface area contributed by atoms with Gasteiger partial charge in [0.15, 0.2) is 9.84 Å². The standard InChI is InChI=1S/C19H18Cl2N2O3S/c20-14-5-7-15(8-6-14)23-18-12-27(25,26)11-17(18)22(10-19(23)24)9-13-3-1-2-4-16(13)21/h1-8,17-18H,9-12H2/t17-,18+/m1/s1. The highest BCUT2D eigenvalue weighted by Crippen LogP contribution is 2.33. The molecule has 2 saturated heterocycles. The van der Waals surface area contributed by atoms with Crippen molar-refractivity contribution in [2.24, 2.45) is 0 Å². The molecule has 0 radical (unpaired) electrons. The van der Waals surface area contributed by atoms with Gasteiger partial charge in [0.05, 0.1) is 24.1 Å². The summed E-state index contributed by atoms with van der Waals surface area (Å²) >= 11 is 12.2. The lowest BCUT2D eigenvalue weighted by atomic mass is 10.0. The predicted octanol–water partition coefficient (Wildman–Crippen LogP) is 3.01. The fourth-order valence-electron chi connectivity index (χ4n) is 3.91. The fraction of sp³-hybridized carbons (Fsp3) is 0.316. The van der Waals surface area contributed by atoms with E-state index in [0.29, 0.717) is 22.3 Å². The van der Waals surface area contributed by atoms with Crippen LogP contribution in [0, 0.1) is 0 Å². The summed E-state index contributed by atoms with van der Waals surface area (Å²) in [6.45, 7) is 0.584. The Labute approximate surface area is 168 Å². The van der Waals surface area contributed by atoms with Crippen LogP contribution in [-0.4, -0.2) is 49.4 Å². The van der Waals surface area contributed by atoms with Crippen LogP contribution in [0.15, 0.2) is 48.5 Å². The first-order valence-electron chi connectivity index (χ1n) is 8.59. The molecule has 0 spiro atoms. The average molecular weight is 425 g/mol. The van der Waals surface area contributed by atoms with Crippen molar-refractivity contribution in [3.63, 3.8) is 0 Å². The first-order valence-corrected chi connectivity index (χ1v) is 11.2. The van der Waals surface area contributed by atoms with Crippen molar-refractivity contribution in [3.05, 3.63) is 64.1 Å². The number of carbonyl (C=O) groups is 1. The number of hydrogen-bond acceptors (Lipinski definition) is 4. The van der Waals surface area contributed by atoms with E-state index in [2.05, 4.69) is 0 Å². The molecule has 0 aliphatic carbocycles. The van der Waals surface area contributed by atoms with Gasteiger partial charge < -0.3 is 4.90 Å². The van der Waals surface area contributed by atoms with Crippen LogP contribution in [0.25, 0.3) is 0 Å². The van der Waals surface area contributed by atoms with E-state index in [9.17, 15) is 13.2 Å². The Morgan fingerprint density at radius 3 is 2.33 bits per heavy atom. The number of amides is 1. The normalized spacial score (nSPS) is 24.8. The van der Waals surface area contributed by atoms with Crippen molar-refractivity contribution < 1.29 is 13.2 Å². The average Bonchev–Trinajstić information content (AvgIpc) is 2.93. The Bertz CT molecular complexity index is 979. The van der Waals surface area contributed by atoms with Crippen LogP contribution < -0.4 is 4.90 Å². The quantitative estimate of drug-likeness (QED) is 0.759. The number of anilines is 1. The molecule has 2 aromatic carbocycles. The van der Waals surface area contributed by atoms with E-state index in [-0.39, 0.29) is 30.0 Å². The Hall–Kier alpha value is -1.60. The molecule has 2 aromatic rings. The maximum Gasteiger partial charge on any atom is 0.241 e. The molecule has 0 bridgehead atoms. The number of nitrogens with zero attached hydrogens (tertiary/aromatic N) is 2. The van der Waals surface area contributed by atoms with Crippen LogP contribution in [0.4, 0.5) is 5.69 Å². The van der Waals surface area contributed by atoms with Gasteiger partial charge in [-0.1, -0.05) is 41.4 Å². The van der Waals surface area contributed by atoms with Gasteiger partial charge in [-0.15, -0.1) is 0 Å². The number of hydrogen-bond donors (Lipinski definition) is 0. The minimum absolute atomic E-state index is 0.0367. The monoisotopic (exact) mass is 424 g/mol. The van der Waals surface area contributed by atoms with E-state index in [1.807, 2.05) is 23.1 Å². The molecule has 142 valence electrons. The highest BCUT2D eigenvalue weighted by Gasteiger charge is 2.49. The second-order valence-electron chi connectivity index (χ2n) is 6.95. The van der Waals surface area contributed by atoms with Crippen LogP contribution >= 0.6 is 23.2 Å². The molecule has 8 heteroatoms. The molecule has 0 N–H and O–H groups in total. The minimum atomic E-state index is -3.23. The molecule has 0 unspecified atom stereocenters. The molecule has 4 rings (SSSR count). The summed E-state index contributed by atoms with van der Waals surface area (Å²) in [5.74, 6) is -0.118. The summed E-state index contributed by atoms with van der Waals surface area (Å²) in [7, 11) is -3.23. The maximum atomic E-state index is 12.9. The van der Waals surface area contributed by atoms with E-state index in [0.717, 1.165) is 5.56 Å². The molecule has 0 saturated carbocycles. The number of rotatable bonds is 3. The first-order chi connectivity index (χ1) is 12.8. The summed E-state index contributed by atoms with van der Waals surface area (Å²) in [6, 6.07) is 13.7. The number of carbonyl (C=O) groups excluding carboxylic acids is 1. The fourth-order valence-corrected chi connectivity index (χ4v) is 6.22. The second-order valence-corrected chi connectivity index (χ2v) is 9.95. The molecule has 27 heavy (non-hydrogen) atoms. The predicted molar refractivity (Wildman–Crippen MR) is 107 cm³/mol. The molecule has 2 aliphatic heterocycles. The van der Waals surface area contributed by atoms with Crippen molar-refractivity contribution in [1.29, 1.82) is 0 Å². The lowest BCUT2D eigenvalue weighted by Gasteiger charge is -2.43. The number of fused-ring (bicyclic) bond motifs is 1. The van der Waals surface area contributed by atoms with Crippen molar-refractivity contribution >= 4 is 44.6 Å². The Morgan fingerprint density at radius 1 is 0.963 bits per heavy atom. The highest BCUT2D eigenvalue weighted by atomic mass is 35.5. The summed E-state index contributed by atoms with van der Waals surface area (Å²) in [4.78, 5) is 16.5. The van der Waals surface area contributed by atoms with Crippen molar-refractivity contribution in [3.8, 4) is 0 Å². The Morgan fingerprint density at radius 2 is 1.63 bits per heavy atom. The molecular formula is C19H18Cl2N2O3S. The molecule has 2 atom stereocenters. The molecular weight excluding hydrogens is 407 g/mol. The smallest absolute Gasteiger partial charge is 0.241 e. The van der Waals surface area contributed by atoms with Crippen LogP contribution in [-0.2, 0) is 21.2 Å². The van der Waals surface area contributed by atoms with Gasteiger partial charge in [0.25, 0.3) is 0 Å². The third-order valence-electron chi connectivity index (χ3n) is 5.14. The largest absolute Gasteiger partial charge is 0.306 e. The third kappa shape index (κ3) is 3.72. The van der Waals surface area contributed by atoms with Gasteiger partial charge >= 0.3 is 0 Å². The van der Waals surface area contributed by atoms with Crippen molar-refractivity contribution in [1.82, 2.24) is 4.90 Å². The zero-order valence-corrected chi connectivity index (χ0v) is 16.7. The maximum absolute atomic E-state index is 12.9. The second kappa shape index (κ2) is 7.09. The summed E-state index contributed by atoms with van der Waals surface area (Å²) < 4.78 is 24.8. The third-order valence-corrected chi connectivity index (χ3v) is 7.46. The van der Waals surface area contributed by atoms with Gasteiger partial charge in [-0.05, 0) is 35.9 Å². The molecule has 0 aromatic heterocycles. The van der Waals surface area contributed by atoms with Gasteiger partial charge in [0, 0.05) is 28.3 Å². The molecule has 5 nitrogen and oxygen atoms in total. The zero-order valence-electron chi connectivity index (χ0n) is 14.4. The lowest BCUT2D eigenvalue weighted by Crippen LogP contribution is -2.61. The van der Waals surface area contributed by atoms with E-state index in [1.165, 1.54) is 0 Å². The summed E-state index contributed by atoms with van der Waals surface area (Å²) in [6.07, 6.45) is 0. The number of halogens is 2. The van der Waals surface area contributed by atoms with Gasteiger partial charge in [-0.25, -0.2) is 8.42 Å². The van der Waals surface area contributed by atoms with E-state index in [1.54, 1.807) is 35.2 Å². The van der Waals surface area contributed by atoms with Crippen LogP contribution in [0.1, 0.15) is 5.56 Å². The van der Waals surface area contributed by atoms with E-state index >= 15 is 0 Å². The van der Waals surface area contributed by atoms with Crippen molar-refractivity contribution in [2.75, 3.05) is 23.0 Å². The summed E-state index contributed by atoms with van der Waals surface area (Å²) in [5.41, 5.74) is 1.56. The number of benzene rings is 2. The van der Waals surface area contributed by atoms with Crippen LogP contribution in [0.5, 0.6) is 0 Å². The lowest BCUT2D eigenvalue weighted by molar-refractivity contribution is -0.123. The first kappa shape index (κ1) is 18.7. The van der Waals surface area contributed by atoms with Crippen LogP contribution in [0.3, 0.4) is 0 Å². The molecule has 2 heterocycles. The molecule has 2 fully saturated rings. The zero-order chi connectivity index (χ0) is 19.2. The topological polar surface area (TPSA) is 57.7 Å². The molecule has 1 amide bonds. The van der Waals surface area contributed by atoms with Gasteiger partial charge in [-0.3, -0.25) is 9.69 Å². The number of sulfone groups is 1. The van der Waals surface area contributed by atoms with E-state index < -0.39 is 15.9 Å². The SMILES string of the molecule is O=C1CN(Cc2ccccc2Cl)[C@@H]2CS(=O)(=O)C[C@@H]2N1c1ccc(Cl)cc1. The Kier molecular flexibility index (Phi) is 4.93. The highest BCUT2D eigenvalue weighted by molar-refractivity contribution is 7.91. The van der Waals surface area contributed by atoms with Gasteiger partial charge in [-0.2, -0.15) is 0 Å². The summed E-state index contributed by atoms with van der Waals surface area (Å²) in [5, 5.41) is 1.18. The molecule has 2 aliphatic rings. The Balaban J connectivity index is 1.68. The van der Waals surface area contributed by atoms with Gasteiger partial charge in [0.1, 0.15) is 0 Å². The van der Waals surface area contributed by atoms with Crippen LogP contribution in [0.2, 0.25) is 10.0 Å². The van der Waals surface area contributed by atoms with E-state index in [4.69, 9.17) is 23.2 Å². The minimum Gasteiger partial charge on any atom is -0.306 e. The van der Waals surface area contributed by atoms with Gasteiger partial charge in [0.2, 0.25) is 5.91 Å². The van der Waals surface area contributed by atoms with Crippen molar-refractivity contribution in [2.45, 2.75) is 18.6 Å².